The molecule has 1 aliphatic rings. The van der Waals surface area contributed by atoms with Crippen LogP contribution in [0.2, 0.25) is 0 Å². The van der Waals surface area contributed by atoms with Gasteiger partial charge in [0, 0.05) is 27.7 Å². The number of rotatable bonds is 6. The van der Waals surface area contributed by atoms with Gasteiger partial charge in [-0.05, 0) is 37.1 Å². The maximum absolute atomic E-state index is 12.9. The Morgan fingerprint density at radius 3 is 2.92 bits per heavy atom. The first-order valence-electron chi connectivity index (χ1n) is 8.61. The van der Waals surface area contributed by atoms with Gasteiger partial charge in [-0.2, -0.15) is 11.3 Å². The van der Waals surface area contributed by atoms with E-state index in [1.165, 1.54) is 23.4 Å². The van der Waals surface area contributed by atoms with Gasteiger partial charge >= 0.3 is 0 Å². The van der Waals surface area contributed by atoms with Crippen LogP contribution in [0.1, 0.15) is 29.1 Å². The Kier molecular flexibility index (Phi) is 5.28. The third kappa shape index (κ3) is 3.65. The van der Waals surface area contributed by atoms with Gasteiger partial charge in [-0.25, -0.2) is 9.97 Å². The van der Waals surface area contributed by atoms with Crippen molar-refractivity contribution < 1.29 is 4.79 Å². The monoisotopic (exact) mass is 401 g/mol. The topological polar surface area (TPSA) is 46.1 Å². The van der Waals surface area contributed by atoms with E-state index in [1.807, 2.05) is 10.8 Å². The molecule has 26 heavy (non-hydrogen) atoms. The number of aromatic nitrogens is 2. The van der Waals surface area contributed by atoms with Crippen LogP contribution in [0.5, 0.6) is 0 Å². The van der Waals surface area contributed by atoms with Gasteiger partial charge in [0.2, 0.25) is 5.91 Å². The Labute approximate surface area is 164 Å². The van der Waals surface area contributed by atoms with E-state index < -0.39 is 0 Å². The number of anilines is 1. The van der Waals surface area contributed by atoms with Gasteiger partial charge in [-0.3, -0.25) is 9.69 Å². The predicted octanol–water partition coefficient (Wildman–Crippen LogP) is 4.97. The zero-order chi connectivity index (χ0) is 17.9. The van der Waals surface area contributed by atoms with Crippen molar-refractivity contribution in [1.29, 1.82) is 0 Å². The lowest BCUT2D eigenvalue weighted by Crippen LogP contribution is -2.32. The third-order valence-electron chi connectivity index (χ3n) is 4.33. The third-order valence-corrected chi connectivity index (χ3v) is 7.13. The molecule has 0 radical (unpaired) electrons. The Hall–Kier alpha value is -1.83. The number of thiazole rings is 2. The lowest BCUT2D eigenvalue weighted by atomic mass is 10.0. The van der Waals surface area contributed by atoms with E-state index in [-0.39, 0.29) is 5.91 Å². The maximum atomic E-state index is 12.9. The molecule has 0 fully saturated rings. The minimum Gasteiger partial charge on any atom is -0.284 e. The largest absolute Gasteiger partial charge is 0.284 e. The molecule has 3 aromatic heterocycles. The quantitative estimate of drug-likeness (QED) is 0.548. The van der Waals surface area contributed by atoms with Gasteiger partial charge < -0.3 is 0 Å². The van der Waals surface area contributed by atoms with Crippen LogP contribution in [-0.4, -0.2) is 22.4 Å². The lowest BCUT2D eigenvalue weighted by molar-refractivity contribution is -0.117. The molecule has 1 amide bonds. The second kappa shape index (κ2) is 7.82. The minimum atomic E-state index is 0.0261. The fourth-order valence-corrected chi connectivity index (χ4v) is 5.73. The first-order valence-corrected chi connectivity index (χ1v) is 11.3. The van der Waals surface area contributed by atoms with Crippen molar-refractivity contribution >= 4 is 45.0 Å². The average molecular weight is 402 g/mol. The average Bonchev–Trinajstić information content (AvgIpc) is 3.38. The molecule has 0 saturated heterocycles. The number of aryl methyl sites for hydroxylation is 2. The van der Waals surface area contributed by atoms with Crippen molar-refractivity contribution in [2.45, 2.75) is 32.1 Å². The summed E-state index contributed by atoms with van der Waals surface area (Å²) in [5.74, 6) is 0.0261. The molecule has 0 saturated carbocycles. The zero-order valence-electron chi connectivity index (χ0n) is 14.3. The zero-order valence-corrected chi connectivity index (χ0v) is 16.8. The Morgan fingerprint density at radius 2 is 2.15 bits per heavy atom. The van der Waals surface area contributed by atoms with E-state index in [1.54, 1.807) is 45.0 Å². The molecule has 0 spiro atoms. The van der Waals surface area contributed by atoms with E-state index in [0.29, 0.717) is 13.0 Å². The normalized spacial score (nSPS) is 13.4. The summed E-state index contributed by atoms with van der Waals surface area (Å²) in [7, 11) is 0. The molecule has 4 nitrogen and oxygen atoms in total. The number of fused-ring (bicyclic) bond motifs is 1. The van der Waals surface area contributed by atoms with Crippen LogP contribution in [-0.2, 0) is 24.1 Å². The number of hydrogen-bond acceptors (Lipinski definition) is 6. The highest BCUT2D eigenvalue weighted by Crippen LogP contribution is 2.32. The van der Waals surface area contributed by atoms with Gasteiger partial charge in [0.15, 0.2) is 5.13 Å². The summed E-state index contributed by atoms with van der Waals surface area (Å²) in [4.78, 5) is 25.4. The van der Waals surface area contributed by atoms with Crippen molar-refractivity contribution in [2.75, 3.05) is 11.4 Å². The molecule has 0 aromatic carbocycles. The van der Waals surface area contributed by atoms with Gasteiger partial charge in [0.1, 0.15) is 5.01 Å². The van der Waals surface area contributed by atoms with Crippen LogP contribution in [0.3, 0.4) is 0 Å². The van der Waals surface area contributed by atoms with Crippen LogP contribution in [0.4, 0.5) is 5.13 Å². The van der Waals surface area contributed by atoms with Crippen molar-refractivity contribution in [3.05, 3.63) is 51.1 Å². The Morgan fingerprint density at radius 1 is 1.27 bits per heavy atom. The van der Waals surface area contributed by atoms with Gasteiger partial charge in [-0.1, -0.05) is 6.08 Å². The summed E-state index contributed by atoms with van der Waals surface area (Å²) in [5.41, 5.74) is 3.11. The van der Waals surface area contributed by atoms with Crippen LogP contribution < -0.4 is 4.90 Å². The summed E-state index contributed by atoms with van der Waals surface area (Å²) < 4.78 is 0. The summed E-state index contributed by atoms with van der Waals surface area (Å²) in [6.07, 6.45) is 6.57. The fourth-order valence-electron chi connectivity index (χ4n) is 3.03. The molecular weight excluding hydrogens is 382 g/mol. The Bertz CT molecular complexity index is 887. The number of amides is 1. The molecular formula is C19H19N3OS3. The van der Waals surface area contributed by atoms with E-state index >= 15 is 0 Å². The number of thiophene rings is 1. The Balaban J connectivity index is 1.52. The second-order valence-electron chi connectivity index (χ2n) is 6.20. The first-order chi connectivity index (χ1) is 12.7. The van der Waals surface area contributed by atoms with E-state index in [4.69, 9.17) is 4.98 Å². The molecule has 7 heteroatoms. The first kappa shape index (κ1) is 17.6. The molecule has 0 bridgehead atoms. The molecule has 134 valence electrons. The summed E-state index contributed by atoms with van der Waals surface area (Å²) >= 11 is 4.89. The molecule has 0 aliphatic heterocycles. The van der Waals surface area contributed by atoms with Crippen LogP contribution in [0.25, 0.3) is 10.6 Å². The molecule has 0 unspecified atom stereocenters. The van der Waals surface area contributed by atoms with Crippen LogP contribution >= 0.6 is 34.0 Å². The standard InChI is InChI=1S/C19H19N3OS3/c1-2-8-22(19-21-15-5-3-4-6-16(15)26-19)17(23)10-14-12-25-18(20-14)13-7-9-24-11-13/h2,7,9,11-12H,1,3-6,8,10H2. The highest BCUT2D eigenvalue weighted by molar-refractivity contribution is 7.16. The molecule has 3 aromatic rings. The molecule has 3 heterocycles. The van der Waals surface area contributed by atoms with E-state index in [0.717, 1.165) is 34.2 Å². The number of carbonyl (C=O) groups excluding carboxylic acids is 1. The predicted molar refractivity (Wildman–Crippen MR) is 110 cm³/mol. The van der Waals surface area contributed by atoms with Crippen molar-refractivity contribution in [3.8, 4) is 10.6 Å². The fraction of sp³-hybridized carbons (Fsp3) is 0.316. The van der Waals surface area contributed by atoms with Gasteiger partial charge in [-0.15, -0.1) is 29.3 Å². The van der Waals surface area contributed by atoms with Crippen molar-refractivity contribution in [3.63, 3.8) is 0 Å². The van der Waals surface area contributed by atoms with Crippen LogP contribution in [0.15, 0.2) is 34.9 Å². The van der Waals surface area contributed by atoms with Gasteiger partial charge in [0.05, 0.1) is 17.8 Å². The smallest absolute Gasteiger partial charge is 0.235 e. The number of nitrogens with zero attached hydrogens (tertiary/aromatic N) is 3. The van der Waals surface area contributed by atoms with Gasteiger partial charge in [0.25, 0.3) is 0 Å². The summed E-state index contributed by atoms with van der Waals surface area (Å²) in [6, 6.07) is 2.05. The second-order valence-corrected chi connectivity index (χ2v) is 8.90. The molecule has 0 N–H and O–H groups in total. The van der Waals surface area contributed by atoms with Crippen LogP contribution in [0, 0.1) is 0 Å². The molecule has 1 aliphatic carbocycles. The SMILES string of the molecule is C=CCN(C(=O)Cc1csc(-c2ccsc2)n1)c1nc2c(s1)CCCC2. The summed E-state index contributed by atoms with van der Waals surface area (Å²) in [5, 5.41) is 7.86. The highest BCUT2D eigenvalue weighted by atomic mass is 32.1. The minimum absolute atomic E-state index is 0.0261. The number of carbonyl (C=O) groups is 1. The lowest BCUT2D eigenvalue weighted by Gasteiger charge is -2.17. The van der Waals surface area contributed by atoms with E-state index in [2.05, 4.69) is 23.0 Å². The number of hydrogen-bond donors (Lipinski definition) is 0. The highest BCUT2D eigenvalue weighted by Gasteiger charge is 2.23. The van der Waals surface area contributed by atoms with E-state index in [9.17, 15) is 4.79 Å². The van der Waals surface area contributed by atoms with Crippen molar-refractivity contribution in [2.24, 2.45) is 0 Å². The maximum Gasteiger partial charge on any atom is 0.235 e. The van der Waals surface area contributed by atoms with Crippen molar-refractivity contribution in [1.82, 2.24) is 9.97 Å². The molecule has 4 rings (SSSR count). The summed E-state index contributed by atoms with van der Waals surface area (Å²) in [6.45, 7) is 4.28. The molecule has 0 atom stereocenters.